The fourth-order valence-electron chi connectivity index (χ4n) is 9.15. The fourth-order valence-corrected chi connectivity index (χ4v) is 9.15. The van der Waals surface area contributed by atoms with Crippen LogP contribution in [0, 0.1) is 46.3 Å². The van der Waals surface area contributed by atoms with Gasteiger partial charge in [0.25, 0.3) is 0 Å². The number of esters is 1. The fraction of sp³-hybridized carbons (Fsp3) is 0.963. The highest BCUT2D eigenvalue weighted by molar-refractivity contribution is 5.69. The van der Waals surface area contributed by atoms with Crippen molar-refractivity contribution in [2.75, 3.05) is 20.3 Å². The predicted octanol–water partition coefficient (Wildman–Crippen LogP) is 3.52. The number of aliphatic hydroxyl groups excluding tert-OH is 2. The van der Waals surface area contributed by atoms with Gasteiger partial charge in [-0.25, -0.2) is 0 Å². The molecule has 0 aromatic carbocycles. The van der Waals surface area contributed by atoms with Gasteiger partial charge in [-0.3, -0.25) is 4.79 Å². The normalized spacial score (nSPS) is 47.8. The van der Waals surface area contributed by atoms with Crippen molar-refractivity contribution in [3.05, 3.63) is 0 Å². The van der Waals surface area contributed by atoms with Crippen LogP contribution in [0.15, 0.2) is 0 Å². The van der Waals surface area contributed by atoms with E-state index >= 15 is 0 Å². The molecule has 190 valence electrons. The zero-order chi connectivity index (χ0) is 24.0. The van der Waals surface area contributed by atoms with Crippen LogP contribution in [-0.2, 0) is 14.3 Å². The predicted molar refractivity (Wildman–Crippen MR) is 127 cm³/mol. The van der Waals surface area contributed by atoms with Crippen LogP contribution in [0.4, 0.5) is 0 Å². The number of fused-ring (bicyclic) bond motifs is 5. The summed E-state index contributed by atoms with van der Waals surface area (Å²) in [5, 5.41) is 23.2. The highest BCUT2D eigenvalue weighted by Crippen LogP contribution is 2.68. The lowest BCUT2D eigenvalue weighted by Crippen LogP contribution is -2.62. The van der Waals surface area contributed by atoms with Crippen LogP contribution in [-0.4, -0.2) is 54.8 Å². The van der Waals surface area contributed by atoms with E-state index in [-0.39, 0.29) is 41.0 Å². The minimum atomic E-state index is -0.356. The minimum absolute atomic E-state index is 0.154. The van der Waals surface area contributed by atoms with E-state index < -0.39 is 0 Å². The van der Waals surface area contributed by atoms with Crippen molar-refractivity contribution < 1.29 is 24.5 Å². The largest absolute Gasteiger partial charge is 0.469 e. The summed E-state index contributed by atoms with van der Waals surface area (Å²) in [4.78, 5) is 11.7. The van der Waals surface area contributed by atoms with Crippen LogP contribution in [0.3, 0.4) is 0 Å². The number of hydrogen-bond donors (Lipinski definition) is 3. The van der Waals surface area contributed by atoms with Gasteiger partial charge in [0.05, 0.1) is 32.0 Å². The number of rotatable bonds is 7. The zero-order valence-electron chi connectivity index (χ0n) is 21.2. The zero-order valence-corrected chi connectivity index (χ0v) is 21.2. The molecule has 0 saturated heterocycles. The third kappa shape index (κ3) is 4.28. The summed E-state index contributed by atoms with van der Waals surface area (Å²) in [5.74, 6) is 1.98. The van der Waals surface area contributed by atoms with Gasteiger partial charge in [-0.2, -0.15) is 0 Å². The summed E-state index contributed by atoms with van der Waals surface area (Å²) in [6.07, 6.45) is 7.78. The number of carbonyl (C=O) groups excluding carboxylic acids is 1. The lowest BCUT2D eigenvalue weighted by Gasteiger charge is -2.63. The van der Waals surface area contributed by atoms with E-state index in [0.717, 1.165) is 51.4 Å². The minimum Gasteiger partial charge on any atom is -0.469 e. The average molecular weight is 466 g/mol. The van der Waals surface area contributed by atoms with E-state index in [2.05, 4.69) is 20.8 Å². The number of aliphatic hydroxyl groups is 2. The van der Waals surface area contributed by atoms with E-state index in [4.69, 9.17) is 15.2 Å². The van der Waals surface area contributed by atoms with Gasteiger partial charge in [-0.05, 0) is 97.7 Å². The van der Waals surface area contributed by atoms with Crippen LogP contribution in [0.25, 0.3) is 0 Å². The van der Waals surface area contributed by atoms with E-state index in [9.17, 15) is 15.0 Å². The van der Waals surface area contributed by atoms with Crippen LogP contribution in [0.2, 0.25) is 0 Å². The van der Waals surface area contributed by atoms with Crippen LogP contribution < -0.4 is 5.73 Å². The Labute approximate surface area is 200 Å². The Balaban J connectivity index is 1.52. The first-order valence-corrected chi connectivity index (χ1v) is 13.4. The molecule has 4 rings (SSSR count). The van der Waals surface area contributed by atoms with Gasteiger partial charge in [0.2, 0.25) is 0 Å². The molecule has 0 heterocycles. The van der Waals surface area contributed by atoms with E-state index in [1.165, 1.54) is 7.11 Å². The molecule has 4 aliphatic carbocycles. The Hall–Kier alpha value is -0.690. The summed E-state index contributed by atoms with van der Waals surface area (Å²) in [6, 6.07) is 0. The highest BCUT2D eigenvalue weighted by atomic mass is 16.5. The maximum atomic E-state index is 11.7. The van der Waals surface area contributed by atoms with Crippen LogP contribution >= 0.6 is 0 Å². The first-order valence-electron chi connectivity index (χ1n) is 13.4. The second kappa shape index (κ2) is 9.75. The van der Waals surface area contributed by atoms with Gasteiger partial charge < -0.3 is 25.4 Å². The molecule has 6 heteroatoms. The summed E-state index contributed by atoms with van der Waals surface area (Å²) >= 11 is 0. The summed E-state index contributed by atoms with van der Waals surface area (Å²) in [6.45, 7) is 8.11. The van der Waals surface area contributed by atoms with Gasteiger partial charge in [-0.1, -0.05) is 20.8 Å². The molecule has 4 N–H and O–H groups in total. The molecular formula is C27H47NO5. The van der Waals surface area contributed by atoms with Crippen molar-refractivity contribution in [1.82, 2.24) is 0 Å². The molecule has 0 spiro atoms. The summed E-state index contributed by atoms with van der Waals surface area (Å²) < 4.78 is 10.9. The van der Waals surface area contributed by atoms with E-state index in [1.807, 2.05) is 0 Å². The Morgan fingerprint density at radius 3 is 2.58 bits per heavy atom. The Kier molecular flexibility index (Phi) is 7.51. The first kappa shape index (κ1) is 25.4. The Bertz CT molecular complexity index is 702. The molecular weight excluding hydrogens is 418 g/mol. The Morgan fingerprint density at radius 1 is 1.12 bits per heavy atom. The molecule has 0 amide bonds. The van der Waals surface area contributed by atoms with Gasteiger partial charge >= 0.3 is 5.97 Å². The molecule has 0 radical (unpaired) electrons. The van der Waals surface area contributed by atoms with Gasteiger partial charge in [-0.15, -0.1) is 0 Å². The van der Waals surface area contributed by atoms with Gasteiger partial charge in [0.1, 0.15) is 0 Å². The monoisotopic (exact) mass is 465 g/mol. The van der Waals surface area contributed by atoms with Gasteiger partial charge in [0.15, 0.2) is 0 Å². The third-order valence-corrected chi connectivity index (χ3v) is 11.0. The van der Waals surface area contributed by atoms with Crippen molar-refractivity contribution in [1.29, 1.82) is 0 Å². The summed E-state index contributed by atoms with van der Waals surface area (Å²) in [5.41, 5.74) is 5.61. The number of hydrogen-bond acceptors (Lipinski definition) is 6. The van der Waals surface area contributed by atoms with Crippen molar-refractivity contribution >= 4 is 5.97 Å². The highest BCUT2D eigenvalue weighted by Gasteiger charge is 2.65. The molecule has 6 nitrogen and oxygen atoms in total. The molecule has 11 atom stereocenters. The van der Waals surface area contributed by atoms with Crippen LogP contribution in [0.5, 0.6) is 0 Å². The lowest BCUT2D eigenvalue weighted by molar-refractivity contribution is -0.209. The molecule has 2 unspecified atom stereocenters. The van der Waals surface area contributed by atoms with Crippen molar-refractivity contribution in [2.45, 2.75) is 96.9 Å². The third-order valence-electron chi connectivity index (χ3n) is 11.0. The van der Waals surface area contributed by atoms with E-state index in [0.29, 0.717) is 49.2 Å². The molecule has 4 aliphatic rings. The SMILES string of the molecule is COC(=O)CCC(C)C1CC[C@H]2[C@@H]3[C@H](O)C[C@@H]4C[C@H](OCCN)CC[C@]4(C)[C@H]3C[C@H](O)[C@]12C. The standard InChI is InChI=1S/C27H47NO5/c1-16(5-8-24(31)32-4)19-6-7-20-25-21(15-23(30)27(19,20)3)26(2)10-9-18(33-12-11-28)13-17(26)14-22(25)29/h16-23,25,29-30H,5-15,28H2,1-4H3/t16?,17-,18+,19?,20-,21-,22+,23-,25-,26-,27+/m0/s1. The molecule has 33 heavy (non-hydrogen) atoms. The molecule has 0 aromatic heterocycles. The first-order chi connectivity index (χ1) is 15.7. The van der Waals surface area contributed by atoms with Gasteiger partial charge in [0, 0.05) is 13.0 Å². The second-order valence-corrected chi connectivity index (χ2v) is 12.2. The van der Waals surface area contributed by atoms with E-state index in [1.54, 1.807) is 0 Å². The lowest BCUT2D eigenvalue weighted by atomic mass is 9.43. The second-order valence-electron chi connectivity index (χ2n) is 12.2. The number of carbonyl (C=O) groups is 1. The average Bonchev–Trinajstić information content (AvgIpc) is 3.15. The van der Waals surface area contributed by atoms with Crippen molar-refractivity contribution in [2.24, 2.45) is 52.1 Å². The number of methoxy groups -OCH3 is 1. The Morgan fingerprint density at radius 2 is 1.88 bits per heavy atom. The number of ether oxygens (including phenoxy) is 2. The smallest absolute Gasteiger partial charge is 0.305 e. The topological polar surface area (TPSA) is 102 Å². The molecule has 0 aliphatic heterocycles. The van der Waals surface area contributed by atoms with Crippen molar-refractivity contribution in [3.63, 3.8) is 0 Å². The maximum absolute atomic E-state index is 11.7. The molecule has 4 saturated carbocycles. The quantitative estimate of drug-likeness (QED) is 0.497. The molecule has 4 fully saturated rings. The maximum Gasteiger partial charge on any atom is 0.305 e. The molecule has 0 bridgehead atoms. The molecule has 0 aromatic rings. The number of nitrogens with two attached hydrogens (primary N) is 1. The summed E-state index contributed by atoms with van der Waals surface area (Å²) in [7, 11) is 1.45. The van der Waals surface area contributed by atoms with Crippen LogP contribution in [0.1, 0.15) is 78.6 Å². The van der Waals surface area contributed by atoms with Crippen molar-refractivity contribution in [3.8, 4) is 0 Å².